The van der Waals surface area contributed by atoms with Gasteiger partial charge < -0.3 is 14.5 Å². The van der Waals surface area contributed by atoms with Crippen LogP contribution in [-0.2, 0) is 30.2 Å². The van der Waals surface area contributed by atoms with Crippen LogP contribution in [0.25, 0.3) is 0 Å². The number of aromatic nitrogens is 2. The van der Waals surface area contributed by atoms with E-state index in [-0.39, 0.29) is 23.1 Å². The molecule has 0 bridgehead atoms. The van der Waals surface area contributed by atoms with E-state index in [1.807, 2.05) is 17.7 Å². The topological polar surface area (TPSA) is 39.0 Å². The molecule has 0 spiro atoms. The quantitative estimate of drug-likeness (QED) is 0.636. The minimum atomic E-state index is -0.223. The Morgan fingerprint density at radius 2 is 2.10 bits per heavy atom. The van der Waals surface area contributed by atoms with Crippen molar-refractivity contribution in [2.24, 2.45) is 7.05 Å². The number of nitrogens with zero attached hydrogens (tertiary/aromatic N) is 2. The van der Waals surface area contributed by atoms with E-state index in [4.69, 9.17) is 12.2 Å². The van der Waals surface area contributed by atoms with Crippen LogP contribution in [-0.4, -0.2) is 21.1 Å². The third-order valence-corrected chi connectivity index (χ3v) is 8.11. The van der Waals surface area contributed by atoms with E-state index < -0.39 is 0 Å². The van der Waals surface area contributed by atoms with Crippen molar-refractivity contribution in [1.29, 1.82) is 0 Å². The number of carbonyl (C=O) groups excluding carboxylic acids is 1. The highest BCUT2D eigenvalue weighted by molar-refractivity contribution is 9.10. The molecule has 1 aromatic carbocycles. The molecule has 1 aromatic heterocycles. The lowest BCUT2D eigenvalue weighted by atomic mass is 9.93. The second-order valence-electron chi connectivity index (χ2n) is 8.88. The zero-order valence-corrected chi connectivity index (χ0v) is 18.9. The van der Waals surface area contributed by atoms with Gasteiger partial charge in [0.2, 0.25) is 5.91 Å². The Bertz CT molecular complexity index is 1060. The van der Waals surface area contributed by atoms with Crippen molar-refractivity contribution in [2.45, 2.75) is 68.9 Å². The van der Waals surface area contributed by atoms with Crippen LogP contribution in [0.5, 0.6) is 0 Å². The van der Waals surface area contributed by atoms with Gasteiger partial charge in [-0.05, 0) is 55.2 Å². The fourth-order valence-corrected chi connectivity index (χ4v) is 6.17. The van der Waals surface area contributed by atoms with E-state index in [9.17, 15) is 9.18 Å². The van der Waals surface area contributed by atoms with Crippen LogP contribution in [0.1, 0.15) is 61.4 Å². The fourth-order valence-electron chi connectivity index (χ4n) is 5.54. The van der Waals surface area contributed by atoms with Gasteiger partial charge in [0.15, 0.2) is 4.77 Å². The molecule has 154 valence electrons. The average molecular weight is 478 g/mol. The summed E-state index contributed by atoms with van der Waals surface area (Å²) in [5, 5.41) is 3.22. The number of hydrogen-bond acceptors (Lipinski definition) is 2. The normalized spacial score (nSPS) is 25.6. The van der Waals surface area contributed by atoms with Crippen LogP contribution in [0.3, 0.4) is 0 Å². The number of nitrogens with one attached hydrogen (secondary N) is 1. The molecule has 0 radical (unpaired) electrons. The number of rotatable bonds is 4. The summed E-state index contributed by atoms with van der Waals surface area (Å²) in [5.74, 6) is 0.141. The highest BCUT2D eigenvalue weighted by Crippen LogP contribution is 2.66. The minimum Gasteiger partial charge on any atom is -0.353 e. The molecule has 2 fully saturated rings. The molecule has 2 saturated carbocycles. The van der Waals surface area contributed by atoms with Gasteiger partial charge >= 0.3 is 0 Å². The number of benzene rings is 1. The van der Waals surface area contributed by atoms with Crippen LogP contribution >= 0.6 is 28.1 Å². The zero-order chi connectivity index (χ0) is 20.3. The average Bonchev–Trinajstić information content (AvgIpc) is 3.26. The lowest BCUT2D eigenvalue weighted by Gasteiger charge is -2.22. The van der Waals surface area contributed by atoms with Crippen LogP contribution < -0.4 is 5.32 Å². The van der Waals surface area contributed by atoms with E-state index in [2.05, 4.69) is 25.8 Å². The summed E-state index contributed by atoms with van der Waals surface area (Å²) >= 11 is 9.16. The Kier molecular flexibility index (Phi) is 4.74. The van der Waals surface area contributed by atoms with E-state index in [1.54, 1.807) is 6.07 Å². The predicted octanol–water partition coefficient (Wildman–Crippen LogP) is 4.89. The summed E-state index contributed by atoms with van der Waals surface area (Å²) in [6, 6.07) is 5.47. The van der Waals surface area contributed by atoms with Crippen molar-refractivity contribution in [1.82, 2.24) is 14.5 Å². The van der Waals surface area contributed by atoms with Gasteiger partial charge in [-0.25, -0.2) is 4.39 Å². The van der Waals surface area contributed by atoms with Crippen molar-refractivity contribution in [3.8, 4) is 0 Å². The molecule has 0 saturated heterocycles. The second-order valence-corrected chi connectivity index (χ2v) is 10.2. The summed E-state index contributed by atoms with van der Waals surface area (Å²) in [7, 11) is 1.95. The maximum atomic E-state index is 14.6. The van der Waals surface area contributed by atoms with Gasteiger partial charge in [0.25, 0.3) is 0 Å². The van der Waals surface area contributed by atoms with Gasteiger partial charge in [-0.15, -0.1) is 0 Å². The fraction of sp³-hybridized carbons (Fsp3) is 0.545. The Morgan fingerprint density at radius 3 is 2.86 bits per heavy atom. The molecule has 2 aliphatic carbocycles. The molecule has 4 nitrogen and oxygen atoms in total. The molecule has 2 atom stereocenters. The monoisotopic (exact) mass is 477 g/mol. The van der Waals surface area contributed by atoms with Crippen molar-refractivity contribution >= 4 is 34.1 Å². The van der Waals surface area contributed by atoms with E-state index in [0.29, 0.717) is 19.0 Å². The maximum absolute atomic E-state index is 14.6. The third kappa shape index (κ3) is 3.12. The summed E-state index contributed by atoms with van der Waals surface area (Å²) in [6.07, 6.45) is 7.06. The smallest absolute Gasteiger partial charge is 0.226 e. The van der Waals surface area contributed by atoms with E-state index >= 15 is 0 Å². The van der Waals surface area contributed by atoms with Crippen molar-refractivity contribution in [2.75, 3.05) is 0 Å². The second kappa shape index (κ2) is 7.05. The molecule has 2 aromatic rings. The zero-order valence-electron chi connectivity index (χ0n) is 16.5. The number of hydrogen-bond donors (Lipinski definition) is 1. The van der Waals surface area contributed by atoms with Crippen molar-refractivity contribution in [3.63, 3.8) is 0 Å². The lowest BCUT2D eigenvalue weighted by molar-refractivity contribution is -0.121. The molecular formula is C22H25BrFN3OS. The lowest BCUT2D eigenvalue weighted by Crippen LogP contribution is -2.37. The number of carbonyl (C=O) groups is 1. The summed E-state index contributed by atoms with van der Waals surface area (Å²) < 4.78 is 20.4. The largest absolute Gasteiger partial charge is 0.353 e. The first-order valence-electron chi connectivity index (χ1n) is 10.4. The van der Waals surface area contributed by atoms with Crippen LogP contribution in [0, 0.1) is 10.6 Å². The van der Waals surface area contributed by atoms with Gasteiger partial charge in [-0.2, -0.15) is 0 Å². The van der Waals surface area contributed by atoms with Gasteiger partial charge in [-0.3, -0.25) is 4.79 Å². The standard InChI is InChI=1S/C22H25BrFN3OS/c1-26-18(10-19(28)25-14-5-3-2-4-6-14)20-16-11-22(16,12-27(20)21(26)29)15-9-13(23)7-8-17(15)24/h7-9,14,16H,2-6,10-12H2,1H3,(H,25,28)/t16-,22+/m0/s1. The third-order valence-electron chi connectivity index (χ3n) is 7.12. The molecular weight excluding hydrogens is 453 g/mol. The van der Waals surface area contributed by atoms with Gasteiger partial charge in [0.1, 0.15) is 5.82 Å². The Hall–Kier alpha value is -1.47. The molecule has 5 rings (SSSR count). The first-order valence-corrected chi connectivity index (χ1v) is 11.6. The molecule has 0 unspecified atom stereocenters. The molecule has 1 N–H and O–H groups in total. The molecule has 29 heavy (non-hydrogen) atoms. The predicted molar refractivity (Wildman–Crippen MR) is 116 cm³/mol. The van der Waals surface area contributed by atoms with E-state index in [0.717, 1.165) is 45.5 Å². The maximum Gasteiger partial charge on any atom is 0.226 e. The van der Waals surface area contributed by atoms with Crippen LogP contribution in [0.2, 0.25) is 0 Å². The Labute approximate surface area is 183 Å². The number of amides is 1. The number of halogens is 2. The van der Waals surface area contributed by atoms with Crippen LogP contribution in [0.4, 0.5) is 4.39 Å². The van der Waals surface area contributed by atoms with Gasteiger partial charge in [0.05, 0.1) is 6.42 Å². The van der Waals surface area contributed by atoms with Crippen LogP contribution in [0.15, 0.2) is 22.7 Å². The van der Waals surface area contributed by atoms with Gasteiger partial charge in [-0.1, -0.05) is 35.2 Å². The number of imidazole rings is 1. The molecule has 1 aliphatic heterocycles. The van der Waals surface area contributed by atoms with E-state index in [1.165, 1.54) is 25.3 Å². The minimum absolute atomic E-state index is 0.0719. The highest BCUT2D eigenvalue weighted by atomic mass is 79.9. The Balaban J connectivity index is 1.42. The summed E-state index contributed by atoms with van der Waals surface area (Å²) in [5.41, 5.74) is 2.66. The number of fused-ring (bicyclic) bond motifs is 3. The molecule has 7 heteroatoms. The molecule has 1 amide bonds. The van der Waals surface area contributed by atoms with Gasteiger partial charge in [0, 0.05) is 46.8 Å². The van der Waals surface area contributed by atoms with Crippen molar-refractivity contribution < 1.29 is 9.18 Å². The molecule has 3 aliphatic rings. The SMILES string of the molecule is Cn1c(CC(=O)NC2CCCCC2)c2n(c1=S)C[C@@]1(c3cc(Br)ccc3F)C[C@@H]21. The first kappa shape index (κ1) is 19.5. The summed E-state index contributed by atoms with van der Waals surface area (Å²) in [4.78, 5) is 12.8. The Morgan fingerprint density at radius 1 is 1.34 bits per heavy atom. The van der Waals surface area contributed by atoms with Crippen molar-refractivity contribution in [3.05, 3.63) is 50.2 Å². The molecule has 2 heterocycles. The highest BCUT2D eigenvalue weighted by Gasteiger charge is 2.63. The first-order chi connectivity index (χ1) is 13.9. The summed E-state index contributed by atoms with van der Waals surface area (Å²) in [6.45, 7) is 0.692.